The van der Waals surface area contributed by atoms with E-state index in [9.17, 15) is 26.3 Å². The predicted molar refractivity (Wildman–Crippen MR) is 92.6 cm³/mol. The van der Waals surface area contributed by atoms with Crippen LogP contribution in [0.15, 0.2) is 47.4 Å². The van der Waals surface area contributed by atoms with Gasteiger partial charge in [-0.05, 0) is 24.3 Å². The van der Waals surface area contributed by atoms with Gasteiger partial charge in [-0.2, -0.15) is 31.4 Å². The molecule has 0 bridgehead atoms. The summed E-state index contributed by atoms with van der Waals surface area (Å²) in [6.45, 7) is 5.12. The summed E-state index contributed by atoms with van der Waals surface area (Å²) < 4.78 is 85.8. The van der Waals surface area contributed by atoms with Gasteiger partial charge >= 0.3 is 12.4 Å². The van der Waals surface area contributed by atoms with Gasteiger partial charge in [-0.15, -0.1) is 0 Å². The maximum atomic E-state index is 13.2. The van der Waals surface area contributed by atoms with Crippen molar-refractivity contribution in [3.05, 3.63) is 71.5 Å². The summed E-state index contributed by atoms with van der Waals surface area (Å²) in [6.07, 6.45) is -6.82. The van der Waals surface area contributed by atoms with Gasteiger partial charge in [-0.1, -0.05) is 6.07 Å². The molecule has 12 heteroatoms. The molecule has 0 aliphatic heterocycles. The highest BCUT2D eigenvalue weighted by molar-refractivity contribution is 5.62. The van der Waals surface area contributed by atoms with Crippen molar-refractivity contribution in [2.24, 2.45) is 0 Å². The average Bonchev–Trinajstić information content (AvgIpc) is 3.31. The third-order valence-corrected chi connectivity index (χ3v) is 3.99. The maximum absolute atomic E-state index is 13.2. The van der Waals surface area contributed by atoms with E-state index >= 15 is 0 Å². The molecule has 3 rings (SSSR count). The van der Waals surface area contributed by atoms with Crippen molar-refractivity contribution in [3.8, 4) is 0 Å². The zero-order valence-electron chi connectivity index (χ0n) is 15.1. The van der Waals surface area contributed by atoms with Crippen LogP contribution in [-0.4, -0.2) is 27.5 Å². The lowest BCUT2D eigenvalue weighted by Crippen LogP contribution is -2.33. The van der Waals surface area contributed by atoms with E-state index in [1.54, 1.807) is 0 Å². The van der Waals surface area contributed by atoms with E-state index in [1.165, 1.54) is 29.5 Å². The first kappa shape index (κ1) is 21.2. The minimum absolute atomic E-state index is 0.122. The van der Waals surface area contributed by atoms with Crippen LogP contribution in [0.1, 0.15) is 17.1 Å². The molecule has 3 aromatic rings. The maximum Gasteiger partial charge on any atom is 0.407 e. The summed E-state index contributed by atoms with van der Waals surface area (Å²) in [7, 11) is 0. The largest absolute Gasteiger partial charge is 0.462 e. The van der Waals surface area contributed by atoms with Crippen LogP contribution < -0.4 is 4.90 Å². The van der Waals surface area contributed by atoms with Crippen molar-refractivity contribution in [2.45, 2.75) is 25.4 Å². The number of benzene rings is 1. The molecule has 30 heavy (non-hydrogen) atoms. The summed E-state index contributed by atoms with van der Waals surface area (Å²) in [4.78, 5) is 7.26. The summed E-state index contributed by atoms with van der Waals surface area (Å²) in [5, 5.41) is 3.88. The smallest absolute Gasteiger partial charge is 0.407 e. The minimum atomic E-state index is -4.88. The molecule has 0 saturated carbocycles. The molecule has 1 aromatic carbocycles. The van der Waals surface area contributed by atoms with Crippen LogP contribution in [-0.2, 0) is 19.3 Å². The molecule has 0 aliphatic carbocycles. The van der Waals surface area contributed by atoms with Gasteiger partial charge in [-0.25, -0.2) is 14.5 Å². The zero-order valence-corrected chi connectivity index (χ0v) is 15.1. The van der Waals surface area contributed by atoms with Crippen molar-refractivity contribution < 1.29 is 30.8 Å². The third kappa shape index (κ3) is 5.31. The van der Waals surface area contributed by atoms with Crippen molar-refractivity contribution in [3.63, 3.8) is 0 Å². The van der Waals surface area contributed by atoms with Gasteiger partial charge < -0.3 is 9.32 Å². The van der Waals surface area contributed by atoms with Crippen molar-refractivity contribution in [2.75, 3.05) is 11.4 Å². The highest BCUT2D eigenvalue weighted by Crippen LogP contribution is 2.39. The van der Waals surface area contributed by atoms with Crippen LogP contribution in [0.3, 0.4) is 0 Å². The van der Waals surface area contributed by atoms with Gasteiger partial charge in [0.25, 0.3) is 0 Å². The lowest BCUT2D eigenvalue weighted by Gasteiger charge is -2.26. The molecule has 0 N–H and O–H groups in total. The number of hydrogen-bond donors (Lipinski definition) is 0. The molecule has 0 atom stereocenters. The van der Waals surface area contributed by atoms with Crippen LogP contribution >= 0.6 is 0 Å². The molecule has 2 heterocycles. The Labute approximate surface area is 166 Å². The number of nitrogens with zero attached hydrogens (tertiary/aromatic N) is 5. The van der Waals surface area contributed by atoms with Gasteiger partial charge in [0.15, 0.2) is 5.69 Å². The standard InChI is InChI=1S/C18H13F6N5O/c1-25-16-5-2-12(6-15(16)18(22,23)24)28(9-17(19,20)21)7-13-3-4-14(30-13)8-29-11-26-10-27-29/h2-6,10-11H,7-9H2. The predicted octanol–water partition coefficient (Wildman–Crippen LogP) is 5.06. The molecule has 0 aliphatic rings. The van der Waals surface area contributed by atoms with E-state index in [2.05, 4.69) is 14.9 Å². The van der Waals surface area contributed by atoms with Crippen molar-refractivity contribution >= 4 is 11.4 Å². The number of furan rings is 1. The van der Waals surface area contributed by atoms with E-state index in [0.29, 0.717) is 16.7 Å². The molecular formula is C18H13F6N5O. The number of alkyl halides is 6. The fraction of sp³-hybridized carbons (Fsp3) is 0.278. The first-order valence-corrected chi connectivity index (χ1v) is 8.35. The van der Waals surface area contributed by atoms with Crippen molar-refractivity contribution in [1.29, 1.82) is 0 Å². The first-order chi connectivity index (χ1) is 14.0. The van der Waals surface area contributed by atoms with Crippen LogP contribution in [0.4, 0.5) is 37.7 Å². The monoisotopic (exact) mass is 429 g/mol. The number of halogens is 6. The highest BCUT2D eigenvalue weighted by Gasteiger charge is 2.36. The van der Waals surface area contributed by atoms with E-state index in [1.807, 2.05) is 0 Å². The lowest BCUT2D eigenvalue weighted by atomic mass is 10.1. The second-order valence-electron chi connectivity index (χ2n) is 6.24. The van der Waals surface area contributed by atoms with Crippen LogP contribution in [0.2, 0.25) is 0 Å². The second-order valence-corrected chi connectivity index (χ2v) is 6.24. The Morgan fingerprint density at radius 1 is 1.07 bits per heavy atom. The lowest BCUT2D eigenvalue weighted by molar-refractivity contribution is -0.136. The fourth-order valence-corrected chi connectivity index (χ4v) is 2.75. The molecule has 6 nitrogen and oxygen atoms in total. The Morgan fingerprint density at radius 3 is 2.40 bits per heavy atom. The topological polar surface area (TPSA) is 51.5 Å². The molecule has 0 radical (unpaired) electrons. The van der Waals surface area contributed by atoms with Crippen LogP contribution in [0.5, 0.6) is 0 Å². The third-order valence-electron chi connectivity index (χ3n) is 3.99. The second kappa shape index (κ2) is 8.10. The molecule has 2 aromatic heterocycles. The molecule has 0 unspecified atom stereocenters. The average molecular weight is 429 g/mol. The van der Waals surface area contributed by atoms with Gasteiger partial charge in [-0.3, -0.25) is 0 Å². The summed E-state index contributed by atoms with van der Waals surface area (Å²) in [5.74, 6) is 0.513. The first-order valence-electron chi connectivity index (χ1n) is 8.35. The molecule has 0 amide bonds. The van der Waals surface area contributed by atoms with E-state index < -0.39 is 36.7 Å². The Balaban J connectivity index is 1.89. The quantitative estimate of drug-likeness (QED) is 0.406. The van der Waals surface area contributed by atoms with Gasteiger partial charge in [0.05, 0.1) is 18.7 Å². The van der Waals surface area contributed by atoms with Gasteiger partial charge in [0, 0.05) is 5.69 Å². The Morgan fingerprint density at radius 2 is 1.80 bits per heavy atom. The van der Waals surface area contributed by atoms with E-state index in [-0.39, 0.29) is 18.0 Å². The Kier molecular flexibility index (Phi) is 5.73. The summed E-state index contributed by atoms with van der Waals surface area (Å²) >= 11 is 0. The number of anilines is 1. The molecule has 0 saturated heterocycles. The Hall–Kier alpha value is -3.49. The SMILES string of the molecule is [C-]#[N+]c1ccc(N(Cc2ccc(Cn3cncn3)o2)CC(F)(F)F)cc1C(F)(F)F. The summed E-state index contributed by atoms with van der Waals surface area (Å²) in [5.41, 5.74) is -2.32. The molecule has 158 valence electrons. The van der Waals surface area contributed by atoms with Gasteiger partial charge in [0.1, 0.15) is 37.3 Å². The number of aromatic nitrogens is 3. The highest BCUT2D eigenvalue weighted by atomic mass is 19.4. The molecular weight excluding hydrogens is 416 g/mol. The van der Waals surface area contributed by atoms with Gasteiger partial charge in [0.2, 0.25) is 0 Å². The van der Waals surface area contributed by atoms with E-state index in [4.69, 9.17) is 11.0 Å². The van der Waals surface area contributed by atoms with E-state index in [0.717, 1.165) is 12.1 Å². The zero-order chi connectivity index (χ0) is 21.9. The summed E-state index contributed by atoms with van der Waals surface area (Å²) in [6, 6.07) is 5.42. The number of rotatable bonds is 6. The van der Waals surface area contributed by atoms with Crippen LogP contribution in [0, 0.1) is 6.57 Å². The molecule has 0 spiro atoms. The molecule has 0 fully saturated rings. The normalized spacial score (nSPS) is 12.0. The van der Waals surface area contributed by atoms with Crippen molar-refractivity contribution in [1.82, 2.24) is 14.8 Å². The van der Waals surface area contributed by atoms with Crippen LogP contribution in [0.25, 0.3) is 4.85 Å². The number of hydrogen-bond acceptors (Lipinski definition) is 4. The minimum Gasteiger partial charge on any atom is -0.462 e. The Bertz CT molecular complexity index is 1030. The fourth-order valence-electron chi connectivity index (χ4n) is 2.75.